The van der Waals surface area contributed by atoms with E-state index in [9.17, 15) is 4.79 Å². The van der Waals surface area contributed by atoms with E-state index in [1.54, 1.807) is 12.1 Å². The standard InChI is InChI=1S/C12H16ClNO/c1-8(2)12(14)11(15)7-9-4-3-5-10(13)6-9/h3-6,8,12H,7,14H2,1-2H3. The molecule has 3 heteroatoms. The number of nitrogens with two attached hydrogens (primary N) is 1. The maximum Gasteiger partial charge on any atom is 0.154 e. The minimum Gasteiger partial charge on any atom is -0.321 e. The van der Waals surface area contributed by atoms with Crippen molar-refractivity contribution in [1.29, 1.82) is 0 Å². The summed E-state index contributed by atoms with van der Waals surface area (Å²) in [4.78, 5) is 11.7. The quantitative estimate of drug-likeness (QED) is 0.856. The van der Waals surface area contributed by atoms with E-state index in [0.717, 1.165) is 5.56 Å². The average molecular weight is 226 g/mol. The highest BCUT2D eigenvalue weighted by molar-refractivity contribution is 6.30. The summed E-state index contributed by atoms with van der Waals surface area (Å²) in [6.07, 6.45) is 0.361. The second kappa shape index (κ2) is 5.29. The average Bonchev–Trinajstić information content (AvgIpc) is 2.16. The molecular formula is C12H16ClNO. The van der Waals surface area contributed by atoms with Crippen LogP contribution in [0.1, 0.15) is 19.4 Å². The molecule has 1 atom stereocenters. The Hall–Kier alpha value is -0.860. The maximum absolute atomic E-state index is 11.7. The fourth-order valence-electron chi connectivity index (χ4n) is 1.34. The molecule has 0 saturated carbocycles. The van der Waals surface area contributed by atoms with E-state index in [0.29, 0.717) is 11.4 Å². The molecule has 2 N–H and O–H groups in total. The first-order valence-corrected chi connectivity index (χ1v) is 5.41. The third-order valence-corrected chi connectivity index (χ3v) is 2.59. The van der Waals surface area contributed by atoms with Gasteiger partial charge in [0, 0.05) is 11.4 Å². The number of rotatable bonds is 4. The van der Waals surface area contributed by atoms with Crippen molar-refractivity contribution in [2.75, 3.05) is 0 Å². The molecule has 1 unspecified atom stereocenters. The lowest BCUT2D eigenvalue weighted by Gasteiger charge is -2.14. The Morgan fingerprint density at radius 2 is 2.13 bits per heavy atom. The first-order chi connectivity index (χ1) is 7.00. The normalized spacial score (nSPS) is 12.9. The number of hydrogen-bond donors (Lipinski definition) is 1. The number of Topliss-reactive ketones (excluding diaryl/α,β-unsaturated/α-hetero) is 1. The summed E-state index contributed by atoms with van der Waals surface area (Å²) < 4.78 is 0. The first-order valence-electron chi connectivity index (χ1n) is 5.03. The van der Waals surface area contributed by atoms with Crippen LogP contribution in [0.25, 0.3) is 0 Å². The van der Waals surface area contributed by atoms with Gasteiger partial charge >= 0.3 is 0 Å². The van der Waals surface area contributed by atoms with Gasteiger partial charge in [-0.1, -0.05) is 37.6 Å². The minimum absolute atomic E-state index is 0.0623. The third kappa shape index (κ3) is 3.65. The summed E-state index contributed by atoms with van der Waals surface area (Å²) in [5.74, 6) is 0.240. The van der Waals surface area contributed by atoms with Gasteiger partial charge in [0.15, 0.2) is 5.78 Å². The highest BCUT2D eigenvalue weighted by Gasteiger charge is 2.17. The van der Waals surface area contributed by atoms with Crippen molar-refractivity contribution in [3.05, 3.63) is 34.9 Å². The Morgan fingerprint density at radius 1 is 1.47 bits per heavy atom. The Balaban J connectivity index is 2.66. The zero-order valence-electron chi connectivity index (χ0n) is 9.03. The van der Waals surface area contributed by atoms with E-state index in [1.807, 2.05) is 26.0 Å². The lowest BCUT2D eigenvalue weighted by molar-refractivity contribution is -0.120. The molecule has 1 aromatic rings. The monoisotopic (exact) mass is 225 g/mol. The highest BCUT2D eigenvalue weighted by Crippen LogP contribution is 2.12. The van der Waals surface area contributed by atoms with E-state index in [4.69, 9.17) is 17.3 Å². The summed E-state index contributed by atoms with van der Waals surface area (Å²) >= 11 is 5.83. The van der Waals surface area contributed by atoms with Crippen molar-refractivity contribution in [1.82, 2.24) is 0 Å². The third-order valence-electron chi connectivity index (χ3n) is 2.36. The van der Waals surface area contributed by atoms with E-state index < -0.39 is 0 Å². The number of carbonyl (C=O) groups is 1. The van der Waals surface area contributed by atoms with Gasteiger partial charge in [-0.05, 0) is 23.6 Å². The van der Waals surface area contributed by atoms with Crippen LogP contribution in [0, 0.1) is 5.92 Å². The molecule has 2 nitrogen and oxygen atoms in total. The predicted octanol–water partition coefficient (Wildman–Crippen LogP) is 2.43. The van der Waals surface area contributed by atoms with Gasteiger partial charge in [-0.3, -0.25) is 4.79 Å². The fraction of sp³-hybridized carbons (Fsp3) is 0.417. The Morgan fingerprint density at radius 3 is 2.67 bits per heavy atom. The number of carbonyl (C=O) groups excluding carboxylic acids is 1. The van der Waals surface area contributed by atoms with Crippen molar-refractivity contribution in [3.63, 3.8) is 0 Å². The fourth-order valence-corrected chi connectivity index (χ4v) is 1.55. The number of benzene rings is 1. The van der Waals surface area contributed by atoms with Crippen molar-refractivity contribution in [2.24, 2.45) is 11.7 Å². The molecule has 0 bridgehead atoms. The van der Waals surface area contributed by atoms with Crippen molar-refractivity contribution in [3.8, 4) is 0 Å². The summed E-state index contributed by atoms with van der Waals surface area (Å²) in [7, 11) is 0. The number of halogens is 1. The molecule has 0 saturated heterocycles. The predicted molar refractivity (Wildman–Crippen MR) is 63.0 cm³/mol. The van der Waals surface area contributed by atoms with E-state index >= 15 is 0 Å². The van der Waals surface area contributed by atoms with Gasteiger partial charge in [-0.25, -0.2) is 0 Å². The van der Waals surface area contributed by atoms with E-state index in [2.05, 4.69) is 0 Å². The van der Waals surface area contributed by atoms with Gasteiger partial charge in [0.05, 0.1) is 6.04 Å². The molecule has 15 heavy (non-hydrogen) atoms. The second-order valence-electron chi connectivity index (χ2n) is 4.04. The molecule has 0 aliphatic heterocycles. The van der Waals surface area contributed by atoms with Crippen LogP contribution in [0.2, 0.25) is 5.02 Å². The molecule has 82 valence electrons. The van der Waals surface area contributed by atoms with Crippen LogP contribution in [-0.4, -0.2) is 11.8 Å². The molecule has 0 heterocycles. The van der Waals surface area contributed by atoms with Gasteiger partial charge in [-0.15, -0.1) is 0 Å². The molecular weight excluding hydrogens is 210 g/mol. The lowest BCUT2D eigenvalue weighted by atomic mass is 9.96. The Labute approximate surface area is 95.4 Å². The topological polar surface area (TPSA) is 43.1 Å². The molecule has 0 aliphatic rings. The van der Waals surface area contributed by atoms with Gasteiger partial charge in [0.1, 0.15) is 0 Å². The second-order valence-corrected chi connectivity index (χ2v) is 4.48. The summed E-state index contributed by atoms with van der Waals surface area (Å²) in [6.45, 7) is 3.89. The Kier molecular flexibility index (Phi) is 4.30. The van der Waals surface area contributed by atoms with Crippen LogP contribution in [-0.2, 0) is 11.2 Å². The van der Waals surface area contributed by atoms with Gasteiger partial charge in [-0.2, -0.15) is 0 Å². The maximum atomic E-state index is 11.7. The molecule has 0 spiro atoms. The molecule has 0 amide bonds. The largest absolute Gasteiger partial charge is 0.321 e. The highest BCUT2D eigenvalue weighted by atomic mass is 35.5. The van der Waals surface area contributed by atoms with Crippen molar-refractivity contribution in [2.45, 2.75) is 26.3 Å². The minimum atomic E-state index is -0.385. The van der Waals surface area contributed by atoms with Crippen LogP contribution < -0.4 is 5.73 Å². The van der Waals surface area contributed by atoms with E-state index in [-0.39, 0.29) is 17.7 Å². The summed E-state index contributed by atoms with van der Waals surface area (Å²) in [5, 5.41) is 0.651. The van der Waals surface area contributed by atoms with Crippen molar-refractivity contribution >= 4 is 17.4 Å². The molecule has 1 aromatic carbocycles. The molecule has 0 radical (unpaired) electrons. The van der Waals surface area contributed by atoms with Crippen LogP contribution in [0.5, 0.6) is 0 Å². The number of hydrogen-bond acceptors (Lipinski definition) is 2. The van der Waals surface area contributed by atoms with E-state index in [1.165, 1.54) is 0 Å². The van der Waals surface area contributed by atoms with Gasteiger partial charge in [0.2, 0.25) is 0 Å². The zero-order valence-corrected chi connectivity index (χ0v) is 9.79. The van der Waals surface area contributed by atoms with Crippen LogP contribution in [0.15, 0.2) is 24.3 Å². The van der Waals surface area contributed by atoms with Crippen molar-refractivity contribution < 1.29 is 4.79 Å². The summed E-state index contributed by atoms with van der Waals surface area (Å²) in [6, 6.07) is 6.93. The smallest absolute Gasteiger partial charge is 0.154 e. The molecule has 0 aromatic heterocycles. The lowest BCUT2D eigenvalue weighted by Crippen LogP contribution is -2.36. The van der Waals surface area contributed by atoms with Crippen LogP contribution in [0.3, 0.4) is 0 Å². The van der Waals surface area contributed by atoms with Crippen LogP contribution >= 0.6 is 11.6 Å². The zero-order chi connectivity index (χ0) is 11.4. The molecule has 0 aliphatic carbocycles. The molecule has 1 rings (SSSR count). The SMILES string of the molecule is CC(C)C(N)C(=O)Cc1cccc(Cl)c1. The van der Waals surface area contributed by atoms with Crippen LogP contribution in [0.4, 0.5) is 0 Å². The Bertz CT molecular complexity index is 349. The molecule has 0 fully saturated rings. The first kappa shape index (κ1) is 12.2. The number of ketones is 1. The van der Waals surface area contributed by atoms with Gasteiger partial charge < -0.3 is 5.73 Å². The summed E-state index contributed by atoms with van der Waals surface area (Å²) in [5.41, 5.74) is 6.68. The van der Waals surface area contributed by atoms with Gasteiger partial charge in [0.25, 0.3) is 0 Å².